The second-order valence-electron chi connectivity index (χ2n) is 7.09. The van der Waals surface area contributed by atoms with E-state index in [1.54, 1.807) is 11.3 Å². The van der Waals surface area contributed by atoms with E-state index < -0.39 is 0 Å². The molecule has 2 fully saturated rings. The number of hydrogen-bond donors (Lipinski definition) is 1. The van der Waals surface area contributed by atoms with E-state index in [4.69, 9.17) is 9.72 Å². The summed E-state index contributed by atoms with van der Waals surface area (Å²) in [6, 6.07) is 0. The zero-order chi connectivity index (χ0) is 19.3. The molecule has 0 saturated carbocycles. The van der Waals surface area contributed by atoms with E-state index in [1.165, 1.54) is 4.88 Å². The lowest BCUT2D eigenvalue weighted by atomic mass is 10.2. The van der Waals surface area contributed by atoms with Crippen molar-refractivity contribution in [2.45, 2.75) is 13.3 Å². The van der Waals surface area contributed by atoms with Gasteiger partial charge in [0.1, 0.15) is 5.82 Å². The Morgan fingerprint density at radius 1 is 1.21 bits per heavy atom. The standard InChI is InChI=1S/C19H27N5O2S2/c1-14-16-15(13-28-14)21-17(22-18(16)24-7-11-27-12-8-24)19(25)20-3-2-4-23-5-9-26-10-6-23/h13H,2-12H2,1H3,(H,20,25). The summed E-state index contributed by atoms with van der Waals surface area (Å²) in [5.41, 5.74) is 0.879. The van der Waals surface area contributed by atoms with Crippen molar-refractivity contribution in [2.24, 2.45) is 0 Å². The number of hydrogen-bond acceptors (Lipinski definition) is 8. The van der Waals surface area contributed by atoms with Crippen LogP contribution in [-0.4, -0.2) is 84.8 Å². The fraction of sp³-hybridized carbons (Fsp3) is 0.632. The van der Waals surface area contributed by atoms with Gasteiger partial charge >= 0.3 is 0 Å². The number of morpholine rings is 1. The summed E-state index contributed by atoms with van der Waals surface area (Å²) in [7, 11) is 0. The number of thioether (sulfide) groups is 1. The Morgan fingerprint density at radius 3 is 2.79 bits per heavy atom. The van der Waals surface area contributed by atoms with Crippen molar-refractivity contribution in [3.63, 3.8) is 0 Å². The Labute approximate surface area is 173 Å². The number of ether oxygens (including phenoxy) is 1. The molecule has 2 saturated heterocycles. The van der Waals surface area contributed by atoms with Gasteiger partial charge in [-0.1, -0.05) is 0 Å². The van der Waals surface area contributed by atoms with Crippen LogP contribution in [0.2, 0.25) is 0 Å². The van der Waals surface area contributed by atoms with Gasteiger partial charge < -0.3 is 15.0 Å². The van der Waals surface area contributed by atoms with Gasteiger partial charge in [-0.15, -0.1) is 11.3 Å². The summed E-state index contributed by atoms with van der Waals surface area (Å²) < 4.78 is 5.37. The molecule has 0 unspecified atom stereocenters. The number of thiophene rings is 1. The van der Waals surface area contributed by atoms with E-state index in [2.05, 4.69) is 27.0 Å². The van der Waals surface area contributed by atoms with Crippen LogP contribution in [0.4, 0.5) is 5.82 Å². The van der Waals surface area contributed by atoms with E-state index >= 15 is 0 Å². The van der Waals surface area contributed by atoms with Crippen molar-refractivity contribution in [1.29, 1.82) is 0 Å². The van der Waals surface area contributed by atoms with Crippen molar-refractivity contribution in [3.8, 4) is 0 Å². The number of nitrogens with zero attached hydrogens (tertiary/aromatic N) is 4. The Bertz CT molecular complexity index is 816. The SMILES string of the molecule is Cc1scc2nc(C(=O)NCCCN3CCOCC3)nc(N3CCSCC3)c12. The van der Waals surface area contributed by atoms with Crippen molar-refractivity contribution >= 4 is 45.7 Å². The van der Waals surface area contributed by atoms with Gasteiger partial charge in [0.25, 0.3) is 5.91 Å². The Balaban J connectivity index is 1.43. The number of anilines is 1. The van der Waals surface area contributed by atoms with Crippen molar-refractivity contribution in [3.05, 3.63) is 16.1 Å². The predicted molar refractivity (Wildman–Crippen MR) is 116 cm³/mol. The molecule has 9 heteroatoms. The number of aryl methyl sites for hydroxylation is 1. The fourth-order valence-electron chi connectivity index (χ4n) is 3.61. The Hall–Kier alpha value is -1.42. The Morgan fingerprint density at radius 2 is 2.00 bits per heavy atom. The van der Waals surface area contributed by atoms with E-state index in [0.717, 1.165) is 80.6 Å². The lowest BCUT2D eigenvalue weighted by Gasteiger charge is -2.28. The van der Waals surface area contributed by atoms with Crippen LogP contribution < -0.4 is 10.2 Å². The highest BCUT2D eigenvalue weighted by molar-refractivity contribution is 7.99. The normalized spacial score (nSPS) is 18.5. The number of fused-ring (bicyclic) bond motifs is 1. The summed E-state index contributed by atoms with van der Waals surface area (Å²) in [6.45, 7) is 9.20. The summed E-state index contributed by atoms with van der Waals surface area (Å²) in [5, 5.41) is 6.13. The minimum Gasteiger partial charge on any atom is -0.379 e. The molecular formula is C19H27N5O2S2. The highest BCUT2D eigenvalue weighted by Crippen LogP contribution is 2.32. The van der Waals surface area contributed by atoms with Crippen LogP contribution in [-0.2, 0) is 4.74 Å². The average molecular weight is 422 g/mol. The number of nitrogens with one attached hydrogen (secondary N) is 1. The van der Waals surface area contributed by atoms with Crippen LogP contribution in [0.1, 0.15) is 21.9 Å². The molecule has 2 aromatic rings. The fourth-order valence-corrected chi connectivity index (χ4v) is 5.28. The van der Waals surface area contributed by atoms with Gasteiger partial charge in [0.2, 0.25) is 5.82 Å². The third-order valence-corrected chi connectivity index (χ3v) is 7.01. The molecule has 2 aliphatic heterocycles. The maximum Gasteiger partial charge on any atom is 0.289 e. The van der Waals surface area contributed by atoms with Gasteiger partial charge in [-0.2, -0.15) is 11.8 Å². The molecule has 0 aliphatic carbocycles. The van der Waals surface area contributed by atoms with E-state index in [1.807, 2.05) is 17.1 Å². The molecule has 2 aliphatic rings. The first-order chi connectivity index (χ1) is 13.7. The minimum absolute atomic E-state index is 0.180. The molecule has 1 amide bonds. The molecule has 2 aromatic heterocycles. The molecule has 4 rings (SSSR count). The zero-order valence-electron chi connectivity index (χ0n) is 16.3. The number of carbonyl (C=O) groups is 1. The molecule has 152 valence electrons. The monoisotopic (exact) mass is 421 g/mol. The van der Waals surface area contributed by atoms with Crippen LogP contribution in [0.25, 0.3) is 10.9 Å². The molecule has 0 aromatic carbocycles. The third kappa shape index (κ3) is 4.59. The molecule has 28 heavy (non-hydrogen) atoms. The largest absolute Gasteiger partial charge is 0.379 e. The summed E-state index contributed by atoms with van der Waals surface area (Å²) in [5.74, 6) is 3.21. The number of rotatable bonds is 6. The number of amides is 1. The number of carbonyl (C=O) groups excluding carboxylic acids is 1. The lowest BCUT2D eigenvalue weighted by Crippen LogP contribution is -2.38. The van der Waals surface area contributed by atoms with Gasteiger partial charge in [0.15, 0.2) is 0 Å². The molecule has 0 radical (unpaired) electrons. The first kappa shape index (κ1) is 19.9. The maximum atomic E-state index is 12.7. The minimum atomic E-state index is -0.180. The van der Waals surface area contributed by atoms with Crippen LogP contribution in [0, 0.1) is 6.92 Å². The molecule has 1 N–H and O–H groups in total. The van der Waals surface area contributed by atoms with E-state index in [9.17, 15) is 4.79 Å². The van der Waals surface area contributed by atoms with Crippen molar-refractivity contribution < 1.29 is 9.53 Å². The highest BCUT2D eigenvalue weighted by Gasteiger charge is 2.21. The maximum absolute atomic E-state index is 12.7. The topological polar surface area (TPSA) is 70.6 Å². The molecule has 0 atom stereocenters. The van der Waals surface area contributed by atoms with Crippen molar-refractivity contribution in [2.75, 3.05) is 68.9 Å². The highest BCUT2D eigenvalue weighted by atomic mass is 32.2. The van der Waals surface area contributed by atoms with E-state index in [-0.39, 0.29) is 11.7 Å². The van der Waals surface area contributed by atoms with Crippen LogP contribution in [0.15, 0.2) is 5.38 Å². The smallest absolute Gasteiger partial charge is 0.289 e. The molecule has 7 nitrogen and oxygen atoms in total. The summed E-state index contributed by atoms with van der Waals surface area (Å²) in [4.78, 5) is 27.8. The van der Waals surface area contributed by atoms with Gasteiger partial charge in [-0.05, 0) is 19.9 Å². The second-order valence-corrected chi connectivity index (χ2v) is 9.39. The summed E-state index contributed by atoms with van der Waals surface area (Å²) in [6.07, 6.45) is 0.918. The molecule has 0 bridgehead atoms. The van der Waals surface area contributed by atoms with Gasteiger partial charge in [0.05, 0.1) is 24.1 Å². The molecular weight excluding hydrogens is 394 g/mol. The van der Waals surface area contributed by atoms with Crippen LogP contribution in [0.3, 0.4) is 0 Å². The third-order valence-electron chi connectivity index (χ3n) is 5.17. The quantitative estimate of drug-likeness (QED) is 0.716. The zero-order valence-corrected chi connectivity index (χ0v) is 17.9. The first-order valence-electron chi connectivity index (χ1n) is 9.89. The molecule has 4 heterocycles. The van der Waals surface area contributed by atoms with Crippen LogP contribution >= 0.6 is 23.1 Å². The van der Waals surface area contributed by atoms with Gasteiger partial charge in [0, 0.05) is 54.5 Å². The number of aromatic nitrogens is 2. The molecule has 0 spiro atoms. The first-order valence-corrected chi connectivity index (χ1v) is 11.9. The van der Waals surface area contributed by atoms with E-state index in [0.29, 0.717) is 6.54 Å². The summed E-state index contributed by atoms with van der Waals surface area (Å²) >= 11 is 3.64. The second kappa shape index (κ2) is 9.39. The Kier molecular flexibility index (Phi) is 6.66. The van der Waals surface area contributed by atoms with Crippen molar-refractivity contribution in [1.82, 2.24) is 20.2 Å². The van der Waals surface area contributed by atoms with Gasteiger partial charge in [-0.3, -0.25) is 9.69 Å². The lowest BCUT2D eigenvalue weighted by molar-refractivity contribution is 0.0374. The average Bonchev–Trinajstić information content (AvgIpc) is 3.12. The van der Waals surface area contributed by atoms with Gasteiger partial charge in [-0.25, -0.2) is 9.97 Å². The predicted octanol–water partition coefficient (Wildman–Crippen LogP) is 2.01. The van der Waals surface area contributed by atoms with Crippen LogP contribution in [0.5, 0.6) is 0 Å².